The smallest absolute Gasteiger partial charge is 0.373 e. The molecular weight excluding hydrogens is 376 g/mol. The second-order valence-corrected chi connectivity index (χ2v) is 6.07. The molecule has 3 aromatic rings. The van der Waals surface area contributed by atoms with E-state index in [1.165, 1.54) is 25.5 Å². The topological polar surface area (TPSA) is 153 Å². The van der Waals surface area contributed by atoms with Crippen molar-refractivity contribution in [1.29, 1.82) is 0 Å². The summed E-state index contributed by atoms with van der Waals surface area (Å²) in [6.45, 7) is 0. The number of aromatic amines is 1. The Morgan fingerprint density at radius 2 is 2.15 bits per heavy atom. The maximum absolute atomic E-state index is 12.2. The van der Waals surface area contributed by atoms with Gasteiger partial charge in [0.15, 0.2) is 22.4 Å². The van der Waals surface area contributed by atoms with Gasteiger partial charge in [-0.15, -0.1) is 0 Å². The molecule has 0 aliphatic carbocycles. The Hall–Kier alpha value is -3.47. The molecule has 0 bridgehead atoms. The SMILES string of the molecule is COC(=O)c1ccc(CSc2nc(N)c(NC(=O)c3ccco3)c(=O)[nH]2)o1. The number of amides is 1. The van der Waals surface area contributed by atoms with Gasteiger partial charge >= 0.3 is 5.97 Å². The standard InChI is InChI=1S/C16H14N4O6S/c1-24-15(23)10-5-4-8(26-10)7-27-16-19-12(17)11(14(22)20-16)18-13(21)9-3-2-6-25-9/h2-6H,7H2,1H3,(H,18,21)(H3,17,19,20,22). The first-order valence-corrected chi connectivity index (χ1v) is 8.51. The molecule has 3 aromatic heterocycles. The highest BCUT2D eigenvalue weighted by Crippen LogP contribution is 2.22. The van der Waals surface area contributed by atoms with Crippen LogP contribution in [0.4, 0.5) is 11.5 Å². The minimum absolute atomic E-state index is 0.0338. The number of nitrogens with one attached hydrogen (secondary N) is 2. The molecule has 3 rings (SSSR count). The normalized spacial score (nSPS) is 10.6. The summed E-state index contributed by atoms with van der Waals surface area (Å²) in [6, 6.07) is 6.09. The van der Waals surface area contributed by atoms with Crippen molar-refractivity contribution in [3.63, 3.8) is 0 Å². The molecule has 1 amide bonds. The van der Waals surface area contributed by atoms with Crippen LogP contribution in [0.5, 0.6) is 0 Å². The number of hydrogen-bond acceptors (Lipinski definition) is 9. The molecule has 0 saturated heterocycles. The van der Waals surface area contributed by atoms with Gasteiger partial charge in [-0.1, -0.05) is 11.8 Å². The largest absolute Gasteiger partial charge is 0.463 e. The third-order valence-electron chi connectivity index (χ3n) is 3.31. The highest BCUT2D eigenvalue weighted by atomic mass is 32.2. The van der Waals surface area contributed by atoms with Crippen molar-refractivity contribution in [1.82, 2.24) is 9.97 Å². The molecule has 4 N–H and O–H groups in total. The maximum atomic E-state index is 12.2. The van der Waals surface area contributed by atoms with Crippen LogP contribution in [0.1, 0.15) is 26.9 Å². The van der Waals surface area contributed by atoms with Crippen LogP contribution in [0, 0.1) is 0 Å². The number of carbonyl (C=O) groups excluding carboxylic acids is 2. The maximum Gasteiger partial charge on any atom is 0.373 e. The lowest BCUT2D eigenvalue weighted by molar-refractivity contribution is 0.0563. The van der Waals surface area contributed by atoms with Crippen LogP contribution >= 0.6 is 11.8 Å². The van der Waals surface area contributed by atoms with Gasteiger partial charge in [0.1, 0.15) is 5.76 Å². The van der Waals surface area contributed by atoms with E-state index in [2.05, 4.69) is 20.0 Å². The zero-order valence-electron chi connectivity index (χ0n) is 14.0. The van der Waals surface area contributed by atoms with E-state index in [4.69, 9.17) is 14.6 Å². The Bertz CT molecular complexity index is 1020. The number of ether oxygens (including phenoxy) is 1. The number of H-pyrrole nitrogens is 1. The van der Waals surface area contributed by atoms with Gasteiger partial charge in [0.25, 0.3) is 11.5 Å². The molecule has 0 atom stereocenters. The van der Waals surface area contributed by atoms with E-state index in [-0.39, 0.29) is 33.9 Å². The van der Waals surface area contributed by atoms with Gasteiger partial charge in [-0.25, -0.2) is 9.78 Å². The van der Waals surface area contributed by atoms with E-state index in [0.29, 0.717) is 5.76 Å². The summed E-state index contributed by atoms with van der Waals surface area (Å²) in [6.07, 6.45) is 1.33. The molecule has 0 aliphatic rings. The number of carbonyl (C=O) groups is 2. The fraction of sp³-hybridized carbons (Fsp3) is 0.125. The van der Waals surface area contributed by atoms with Crippen LogP contribution in [0.15, 0.2) is 49.3 Å². The number of rotatable bonds is 6. The van der Waals surface area contributed by atoms with E-state index >= 15 is 0 Å². The molecule has 27 heavy (non-hydrogen) atoms. The number of furan rings is 2. The fourth-order valence-electron chi connectivity index (χ4n) is 2.05. The summed E-state index contributed by atoms with van der Waals surface area (Å²) >= 11 is 1.14. The molecule has 0 unspecified atom stereocenters. The van der Waals surface area contributed by atoms with Gasteiger partial charge in [-0.3, -0.25) is 14.6 Å². The Kier molecular flexibility index (Phi) is 5.31. The summed E-state index contributed by atoms with van der Waals surface area (Å²) in [5.74, 6) is -0.467. The Labute approximate surface area is 156 Å². The van der Waals surface area contributed by atoms with E-state index in [1.807, 2.05) is 0 Å². The zero-order valence-corrected chi connectivity index (χ0v) is 14.8. The Balaban J connectivity index is 1.69. The average molecular weight is 390 g/mol. The summed E-state index contributed by atoms with van der Waals surface area (Å²) in [7, 11) is 1.25. The van der Waals surface area contributed by atoms with E-state index < -0.39 is 17.4 Å². The van der Waals surface area contributed by atoms with Gasteiger partial charge in [0, 0.05) is 0 Å². The first-order valence-electron chi connectivity index (χ1n) is 7.52. The third kappa shape index (κ3) is 4.20. The van der Waals surface area contributed by atoms with Gasteiger partial charge in [-0.05, 0) is 24.3 Å². The molecular formula is C16H14N4O6S. The summed E-state index contributed by atoms with van der Waals surface area (Å²) < 4.78 is 14.8. The first-order chi connectivity index (χ1) is 13.0. The number of hydrogen-bond donors (Lipinski definition) is 3. The molecule has 0 saturated carbocycles. The monoisotopic (exact) mass is 390 g/mol. The number of nitrogen functional groups attached to an aromatic ring is 1. The quantitative estimate of drug-likeness (QED) is 0.325. The molecule has 10 nitrogen and oxygen atoms in total. The van der Waals surface area contributed by atoms with Crippen LogP contribution < -0.4 is 16.6 Å². The van der Waals surface area contributed by atoms with Crippen molar-refractivity contribution >= 4 is 35.1 Å². The number of nitrogens with zero attached hydrogens (tertiary/aromatic N) is 1. The number of nitrogens with two attached hydrogens (primary N) is 1. The minimum atomic E-state index is -0.620. The summed E-state index contributed by atoms with van der Waals surface area (Å²) in [4.78, 5) is 42.1. The number of thioether (sulfide) groups is 1. The molecule has 0 fully saturated rings. The van der Waals surface area contributed by atoms with Gasteiger partial charge in [-0.2, -0.15) is 0 Å². The van der Waals surface area contributed by atoms with E-state index in [9.17, 15) is 14.4 Å². The van der Waals surface area contributed by atoms with Crippen molar-refractivity contribution in [2.24, 2.45) is 0 Å². The van der Waals surface area contributed by atoms with Crippen LogP contribution in [0.25, 0.3) is 0 Å². The molecule has 3 heterocycles. The Morgan fingerprint density at radius 3 is 2.81 bits per heavy atom. The predicted molar refractivity (Wildman–Crippen MR) is 95.5 cm³/mol. The van der Waals surface area contributed by atoms with Crippen molar-refractivity contribution in [3.05, 3.63) is 58.2 Å². The number of anilines is 2. The van der Waals surface area contributed by atoms with Crippen LogP contribution in [-0.2, 0) is 10.5 Å². The lowest BCUT2D eigenvalue weighted by atomic mass is 10.4. The van der Waals surface area contributed by atoms with Gasteiger partial charge < -0.3 is 24.6 Å². The lowest BCUT2D eigenvalue weighted by Gasteiger charge is -2.07. The highest BCUT2D eigenvalue weighted by Gasteiger charge is 2.16. The highest BCUT2D eigenvalue weighted by molar-refractivity contribution is 7.98. The predicted octanol–water partition coefficient (Wildman–Crippen LogP) is 1.87. The number of methoxy groups -OCH3 is 1. The summed E-state index contributed by atoms with van der Waals surface area (Å²) in [5, 5.41) is 2.59. The zero-order chi connectivity index (χ0) is 19.4. The van der Waals surface area contributed by atoms with Crippen LogP contribution in [0.3, 0.4) is 0 Å². The van der Waals surface area contributed by atoms with E-state index in [0.717, 1.165) is 11.8 Å². The molecule has 0 aromatic carbocycles. The molecule has 140 valence electrons. The lowest BCUT2D eigenvalue weighted by Crippen LogP contribution is -2.22. The third-order valence-corrected chi connectivity index (χ3v) is 4.20. The van der Waals surface area contributed by atoms with Crippen LogP contribution in [0.2, 0.25) is 0 Å². The molecule has 0 aliphatic heterocycles. The summed E-state index contributed by atoms with van der Waals surface area (Å²) in [5.41, 5.74) is 4.99. The van der Waals surface area contributed by atoms with Crippen molar-refractivity contribution < 1.29 is 23.2 Å². The van der Waals surface area contributed by atoms with Crippen molar-refractivity contribution in [3.8, 4) is 0 Å². The number of aromatic nitrogens is 2. The number of esters is 1. The van der Waals surface area contributed by atoms with Crippen molar-refractivity contribution in [2.45, 2.75) is 10.9 Å². The fourth-order valence-corrected chi connectivity index (χ4v) is 2.81. The molecule has 0 radical (unpaired) electrons. The second-order valence-electron chi connectivity index (χ2n) is 5.11. The molecule has 0 spiro atoms. The Morgan fingerprint density at radius 1 is 1.33 bits per heavy atom. The van der Waals surface area contributed by atoms with Crippen molar-refractivity contribution in [2.75, 3.05) is 18.2 Å². The first kappa shape index (κ1) is 18.3. The second kappa shape index (κ2) is 7.83. The van der Waals surface area contributed by atoms with Crippen LogP contribution in [-0.4, -0.2) is 29.0 Å². The average Bonchev–Trinajstić information content (AvgIpc) is 3.34. The molecule has 11 heteroatoms. The van der Waals surface area contributed by atoms with Gasteiger partial charge in [0.05, 0.1) is 19.1 Å². The van der Waals surface area contributed by atoms with E-state index in [1.54, 1.807) is 12.1 Å². The minimum Gasteiger partial charge on any atom is -0.463 e. The van der Waals surface area contributed by atoms with Gasteiger partial charge in [0.2, 0.25) is 5.76 Å².